The molecule has 1 amide bonds. The molecule has 1 aromatic carbocycles. The zero-order valence-corrected chi connectivity index (χ0v) is 12.3. The molecule has 5 nitrogen and oxygen atoms in total. The van der Waals surface area contributed by atoms with E-state index in [9.17, 15) is 14.7 Å². The highest BCUT2D eigenvalue weighted by molar-refractivity contribution is 5.96. The molecular formula is C16H20NO4-. The molecule has 0 saturated heterocycles. The number of aryl methyl sites for hydroxylation is 1. The first-order valence-electron chi connectivity index (χ1n) is 7.19. The topological polar surface area (TPSA) is 78.5 Å². The van der Waals surface area contributed by atoms with Crippen molar-refractivity contribution in [2.75, 3.05) is 12.4 Å². The van der Waals surface area contributed by atoms with Crippen LogP contribution in [0.5, 0.6) is 5.75 Å². The lowest BCUT2D eigenvalue weighted by molar-refractivity contribution is -0.313. The van der Waals surface area contributed by atoms with Gasteiger partial charge in [-0.25, -0.2) is 0 Å². The fourth-order valence-electron chi connectivity index (χ4n) is 2.87. The second-order valence-corrected chi connectivity index (χ2v) is 5.51. The van der Waals surface area contributed by atoms with Crippen molar-refractivity contribution in [3.05, 3.63) is 23.8 Å². The van der Waals surface area contributed by atoms with Crippen LogP contribution in [0.2, 0.25) is 0 Å². The fourth-order valence-corrected chi connectivity index (χ4v) is 2.87. The highest BCUT2D eigenvalue weighted by Crippen LogP contribution is 2.32. The third-order valence-corrected chi connectivity index (χ3v) is 4.02. The molecule has 1 fully saturated rings. The monoisotopic (exact) mass is 290 g/mol. The minimum atomic E-state index is -1.13. The molecule has 0 bridgehead atoms. The van der Waals surface area contributed by atoms with E-state index in [1.807, 2.05) is 19.1 Å². The summed E-state index contributed by atoms with van der Waals surface area (Å²) in [7, 11) is 1.53. The Morgan fingerprint density at radius 3 is 2.52 bits per heavy atom. The van der Waals surface area contributed by atoms with Crippen LogP contribution in [0.3, 0.4) is 0 Å². The van der Waals surface area contributed by atoms with E-state index in [-0.39, 0.29) is 5.91 Å². The Labute approximate surface area is 124 Å². The highest BCUT2D eigenvalue weighted by atomic mass is 16.5. The van der Waals surface area contributed by atoms with Crippen LogP contribution in [-0.4, -0.2) is 19.0 Å². The zero-order chi connectivity index (χ0) is 15.4. The van der Waals surface area contributed by atoms with Gasteiger partial charge in [-0.15, -0.1) is 0 Å². The Hall–Kier alpha value is -2.04. The SMILES string of the molecule is COc1ccc(C)cc1NC(=O)[C@@H]1CCCC[C@H]1C(=O)[O-]. The van der Waals surface area contributed by atoms with Crippen molar-refractivity contribution in [1.29, 1.82) is 0 Å². The Morgan fingerprint density at radius 1 is 1.24 bits per heavy atom. The third-order valence-electron chi connectivity index (χ3n) is 4.02. The minimum Gasteiger partial charge on any atom is -0.550 e. The molecule has 1 aromatic rings. The number of benzene rings is 1. The number of carbonyl (C=O) groups is 2. The number of carbonyl (C=O) groups excluding carboxylic acids is 2. The lowest BCUT2D eigenvalue weighted by Gasteiger charge is -2.31. The quantitative estimate of drug-likeness (QED) is 0.911. The molecular weight excluding hydrogens is 270 g/mol. The summed E-state index contributed by atoms with van der Waals surface area (Å²) in [5, 5.41) is 14.0. The smallest absolute Gasteiger partial charge is 0.228 e. The molecule has 1 aliphatic carbocycles. The van der Waals surface area contributed by atoms with Gasteiger partial charge in [0.25, 0.3) is 0 Å². The summed E-state index contributed by atoms with van der Waals surface area (Å²) < 4.78 is 5.22. The van der Waals surface area contributed by atoms with Crippen molar-refractivity contribution in [3.8, 4) is 5.75 Å². The van der Waals surface area contributed by atoms with E-state index in [2.05, 4.69) is 5.32 Å². The number of rotatable bonds is 4. The Morgan fingerprint density at radius 2 is 1.90 bits per heavy atom. The summed E-state index contributed by atoms with van der Waals surface area (Å²) in [6.45, 7) is 1.92. The highest BCUT2D eigenvalue weighted by Gasteiger charge is 2.32. The van der Waals surface area contributed by atoms with Crippen molar-refractivity contribution in [1.82, 2.24) is 0 Å². The van der Waals surface area contributed by atoms with Gasteiger partial charge in [0.05, 0.1) is 12.8 Å². The van der Waals surface area contributed by atoms with E-state index in [0.29, 0.717) is 24.3 Å². The first-order valence-corrected chi connectivity index (χ1v) is 7.19. The van der Waals surface area contributed by atoms with Gasteiger partial charge in [0.15, 0.2) is 0 Å². The van der Waals surface area contributed by atoms with E-state index < -0.39 is 17.8 Å². The molecule has 0 spiro atoms. The molecule has 21 heavy (non-hydrogen) atoms. The van der Waals surface area contributed by atoms with Crippen molar-refractivity contribution in [3.63, 3.8) is 0 Å². The van der Waals surface area contributed by atoms with Crippen LogP contribution in [0.15, 0.2) is 18.2 Å². The molecule has 0 radical (unpaired) electrons. The molecule has 0 unspecified atom stereocenters. The normalized spacial score (nSPS) is 21.6. The van der Waals surface area contributed by atoms with Crippen LogP contribution in [-0.2, 0) is 9.59 Å². The molecule has 1 aliphatic rings. The van der Waals surface area contributed by atoms with Crippen molar-refractivity contribution in [2.24, 2.45) is 11.8 Å². The third kappa shape index (κ3) is 3.54. The average Bonchev–Trinajstić information content (AvgIpc) is 2.47. The number of anilines is 1. The molecule has 2 rings (SSSR count). The molecule has 0 aliphatic heterocycles. The summed E-state index contributed by atoms with van der Waals surface area (Å²) in [6, 6.07) is 5.48. The van der Waals surface area contributed by atoms with Gasteiger partial charge < -0.3 is 20.0 Å². The van der Waals surface area contributed by atoms with Crippen molar-refractivity contribution in [2.45, 2.75) is 32.6 Å². The van der Waals surface area contributed by atoms with E-state index in [4.69, 9.17) is 4.74 Å². The van der Waals surface area contributed by atoms with Crippen LogP contribution in [0, 0.1) is 18.8 Å². The first kappa shape index (κ1) is 15.4. The minimum absolute atomic E-state index is 0.271. The van der Waals surface area contributed by atoms with Crippen LogP contribution in [0.25, 0.3) is 0 Å². The van der Waals surface area contributed by atoms with Crippen LogP contribution >= 0.6 is 0 Å². The maximum absolute atomic E-state index is 12.4. The Bertz CT molecular complexity index is 541. The molecule has 114 valence electrons. The summed E-state index contributed by atoms with van der Waals surface area (Å²) in [6.07, 6.45) is 2.78. The number of methoxy groups -OCH3 is 1. The number of carboxylic acid groups (broad SMARTS) is 1. The molecule has 1 N–H and O–H groups in total. The molecule has 0 aromatic heterocycles. The lowest BCUT2D eigenvalue weighted by atomic mass is 9.78. The number of nitrogens with one attached hydrogen (secondary N) is 1. The summed E-state index contributed by atoms with van der Waals surface area (Å²) in [5.41, 5.74) is 1.57. The summed E-state index contributed by atoms with van der Waals surface area (Å²) in [5.74, 6) is -2.07. The number of amides is 1. The average molecular weight is 290 g/mol. The number of hydrogen-bond donors (Lipinski definition) is 1. The zero-order valence-electron chi connectivity index (χ0n) is 12.3. The van der Waals surface area contributed by atoms with Gasteiger partial charge in [-0.05, 0) is 37.5 Å². The number of aliphatic carboxylic acids is 1. The standard InChI is InChI=1S/C16H21NO4/c1-10-7-8-14(21-2)13(9-10)17-15(18)11-5-3-4-6-12(11)16(19)20/h7-9,11-12H,3-6H2,1-2H3,(H,17,18)(H,19,20)/p-1/t11-,12-/m1/s1. The van der Waals surface area contributed by atoms with E-state index in [1.165, 1.54) is 7.11 Å². The van der Waals surface area contributed by atoms with E-state index in [0.717, 1.165) is 18.4 Å². The Kier molecular flexibility index (Phi) is 4.83. The van der Waals surface area contributed by atoms with Gasteiger partial charge in [0.1, 0.15) is 5.75 Å². The second-order valence-electron chi connectivity index (χ2n) is 5.51. The molecule has 5 heteroatoms. The first-order chi connectivity index (χ1) is 10.0. The predicted molar refractivity (Wildman–Crippen MR) is 76.8 cm³/mol. The lowest BCUT2D eigenvalue weighted by Crippen LogP contribution is -2.42. The van der Waals surface area contributed by atoms with Crippen molar-refractivity contribution >= 4 is 17.6 Å². The van der Waals surface area contributed by atoms with Gasteiger partial charge in [-0.2, -0.15) is 0 Å². The number of hydrogen-bond acceptors (Lipinski definition) is 4. The molecule has 2 atom stereocenters. The number of carboxylic acids is 1. The van der Waals surface area contributed by atoms with Crippen LogP contribution in [0.1, 0.15) is 31.2 Å². The maximum atomic E-state index is 12.4. The van der Waals surface area contributed by atoms with Gasteiger partial charge in [-0.3, -0.25) is 4.79 Å². The van der Waals surface area contributed by atoms with Crippen LogP contribution < -0.4 is 15.2 Å². The van der Waals surface area contributed by atoms with Gasteiger partial charge in [0, 0.05) is 17.8 Å². The second kappa shape index (κ2) is 6.61. The van der Waals surface area contributed by atoms with Crippen molar-refractivity contribution < 1.29 is 19.4 Å². The summed E-state index contributed by atoms with van der Waals surface area (Å²) in [4.78, 5) is 23.6. The fraction of sp³-hybridized carbons (Fsp3) is 0.500. The predicted octanol–water partition coefficient (Wildman–Crippen LogP) is 1.50. The van der Waals surface area contributed by atoms with Crippen LogP contribution in [0.4, 0.5) is 5.69 Å². The van der Waals surface area contributed by atoms with E-state index >= 15 is 0 Å². The summed E-state index contributed by atoms with van der Waals surface area (Å²) >= 11 is 0. The number of ether oxygens (including phenoxy) is 1. The largest absolute Gasteiger partial charge is 0.550 e. The maximum Gasteiger partial charge on any atom is 0.228 e. The Balaban J connectivity index is 2.16. The van der Waals surface area contributed by atoms with Gasteiger partial charge in [-0.1, -0.05) is 18.9 Å². The van der Waals surface area contributed by atoms with Gasteiger partial charge in [0.2, 0.25) is 5.91 Å². The van der Waals surface area contributed by atoms with E-state index in [1.54, 1.807) is 6.07 Å². The molecule has 1 saturated carbocycles. The molecule has 0 heterocycles. The van der Waals surface area contributed by atoms with Gasteiger partial charge >= 0.3 is 0 Å².